The van der Waals surface area contributed by atoms with E-state index in [0.717, 1.165) is 12.8 Å². The lowest BCUT2D eigenvalue weighted by atomic mass is 9.89. The SMILES string of the molecule is CCC(C)C1NC(=O)C(C(C)C)N(C(C)CC)C1=O. The molecule has 2 amide bonds. The standard InChI is InChI=1S/C15H28N2O2/c1-7-10(5)12-15(19)17(11(6)8-2)13(9(3)4)14(18)16-12/h9-13H,7-8H2,1-6H3,(H,16,18). The van der Waals surface area contributed by atoms with Gasteiger partial charge in [-0.3, -0.25) is 9.59 Å². The number of amides is 2. The summed E-state index contributed by atoms with van der Waals surface area (Å²) < 4.78 is 0. The van der Waals surface area contributed by atoms with Crippen LogP contribution in [0.4, 0.5) is 0 Å². The Morgan fingerprint density at radius 1 is 1.11 bits per heavy atom. The van der Waals surface area contributed by atoms with Crippen LogP contribution in [0.25, 0.3) is 0 Å². The van der Waals surface area contributed by atoms with Gasteiger partial charge in [0.1, 0.15) is 12.1 Å². The Morgan fingerprint density at radius 3 is 2.11 bits per heavy atom. The molecule has 1 heterocycles. The van der Waals surface area contributed by atoms with E-state index in [9.17, 15) is 9.59 Å². The maximum atomic E-state index is 12.7. The molecule has 19 heavy (non-hydrogen) atoms. The minimum absolute atomic E-state index is 0.000185. The molecule has 0 aromatic carbocycles. The van der Waals surface area contributed by atoms with Gasteiger partial charge in [-0.25, -0.2) is 0 Å². The fraction of sp³-hybridized carbons (Fsp3) is 0.867. The zero-order valence-corrected chi connectivity index (χ0v) is 13.1. The fourth-order valence-electron chi connectivity index (χ4n) is 2.66. The highest BCUT2D eigenvalue weighted by molar-refractivity contribution is 5.97. The zero-order valence-electron chi connectivity index (χ0n) is 13.1. The first-order chi connectivity index (χ1) is 8.84. The molecule has 1 N–H and O–H groups in total. The van der Waals surface area contributed by atoms with E-state index in [2.05, 4.69) is 12.2 Å². The highest BCUT2D eigenvalue weighted by Gasteiger charge is 2.44. The van der Waals surface area contributed by atoms with Crippen LogP contribution in [0.2, 0.25) is 0 Å². The van der Waals surface area contributed by atoms with Crippen LogP contribution in [-0.4, -0.2) is 34.8 Å². The summed E-state index contributed by atoms with van der Waals surface area (Å²) in [6.45, 7) is 12.1. The molecular weight excluding hydrogens is 240 g/mol. The van der Waals surface area contributed by atoms with Gasteiger partial charge in [-0.2, -0.15) is 0 Å². The maximum Gasteiger partial charge on any atom is 0.246 e. The van der Waals surface area contributed by atoms with Crippen molar-refractivity contribution in [2.45, 2.75) is 72.5 Å². The summed E-state index contributed by atoms with van der Waals surface area (Å²) in [5, 5.41) is 2.93. The number of nitrogens with zero attached hydrogens (tertiary/aromatic N) is 1. The quantitative estimate of drug-likeness (QED) is 0.831. The minimum Gasteiger partial charge on any atom is -0.342 e. The zero-order chi connectivity index (χ0) is 14.7. The van der Waals surface area contributed by atoms with Crippen molar-refractivity contribution in [2.24, 2.45) is 11.8 Å². The van der Waals surface area contributed by atoms with Crippen molar-refractivity contribution in [3.63, 3.8) is 0 Å². The summed E-state index contributed by atoms with van der Waals surface area (Å²) in [5.41, 5.74) is 0. The van der Waals surface area contributed by atoms with Gasteiger partial charge in [0.25, 0.3) is 0 Å². The molecule has 1 aliphatic heterocycles. The molecular formula is C15H28N2O2. The third kappa shape index (κ3) is 3.10. The van der Waals surface area contributed by atoms with Crippen LogP contribution in [0.3, 0.4) is 0 Å². The largest absolute Gasteiger partial charge is 0.342 e. The fourth-order valence-corrected chi connectivity index (χ4v) is 2.66. The Hall–Kier alpha value is -1.06. The normalized spacial score (nSPS) is 27.4. The lowest BCUT2D eigenvalue weighted by molar-refractivity contribution is -0.155. The van der Waals surface area contributed by atoms with E-state index in [4.69, 9.17) is 0 Å². The number of hydrogen-bond acceptors (Lipinski definition) is 2. The topological polar surface area (TPSA) is 49.4 Å². The molecule has 0 radical (unpaired) electrons. The molecule has 4 heteroatoms. The molecule has 0 saturated carbocycles. The Morgan fingerprint density at radius 2 is 1.68 bits per heavy atom. The van der Waals surface area contributed by atoms with Crippen molar-refractivity contribution in [3.8, 4) is 0 Å². The van der Waals surface area contributed by atoms with Crippen LogP contribution in [0.1, 0.15) is 54.4 Å². The van der Waals surface area contributed by atoms with Gasteiger partial charge in [-0.15, -0.1) is 0 Å². The molecule has 4 atom stereocenters. The summed E-state index contributed by atoms with van der Waals surface area (Å²) in [4.78, 5) is 26.9. The maximum absolute atomic E-state index is 12.7. The van der Waals surface area contributed by atoms with E-state index < -0.39 is 0 Å². The Kier molecular flexibility index (Phi) is 5.39. The second-order valence-corrected chi connectivity index (χ2v) is 6.06. The van der Waals surface area contributed by atoms with Gasteiger partial charge >= 0.3 is 0 Å². The molecule has 1 fully saturated rings. The van der Waals surface area contributed by atoms with Crippen molar-refractivity contribution in [1.29, 1.82) is 0 Å². The molecule has 110 valence electrons. The lowest BCUT2D eigenvalue weighted by Crippen LogP contribution is -2.68. The van der Waals surface area contributed by atoms with E-state index in [-0.39, 0.29) is 41.8 Å². The molecule has 1 saturated heterocycles. The van der Waals surface area contributed by atoms with Crippen molar-refractivity contribution in [3.05, 3.63) is 0 Å². The van der Waals surface area contributed by atoms with E-state index >= 15 is 0 Å². The second kappa shape index (κ2) is 6.40. The van der Waals surface area contributed by atoms with Crippen LogP contribution in [0, 0.1) is 11.8 Å². The number of hydrogen-bond donors (Lipinski definition) is 1. The van der Waals surface area contributed by atoms with Crippen LogP contribution in [0.15, 0.2) is 0 Å². The molecule has 4 unspecified atom stereocenters. The number of carbonyl (C=O) groups is 2. The van der Waals surface area contributed by atoms with Crippen LogP contribution >= 0.6 is 0 Å². The van der Waals surface area contributed by atoms with Gasteiger partial charge in [-0.1, -0.05) is 41.0 Å². The first kappa shape index (κ1) is 16.0. The van der Waals surface area contributed by atoms with Crippen molar-refractivity contribution < 1.29 is 9.59 Å². The molecule has 0 aromatic rings. The summed E-state index contributed by atoms with van der Waals surface area (Å²) >= 11 is 0. The average molecular weight is 268 g/mol. The summed E-state index contributed by atoms with van der Waals surface area (Å²) in [5.74, 6) is 0.397. The molecule has 1 rings (SSSR count). The predicted octanol–water partition coefficient (Wildman–Crippen LogP) is 2.18. The highest BCUT2D eigenvalue weighted by Crippen LogP contribution is 2.24. The smallest absolute Gasteiger partial charge is 0.246 e. The van der Waals surface area contributed by atoms with Crippen molar-refractivity contribution in [1.82, 2.24) is 10.2 Å². The molecule has 0 aromatic heterocycles. The highest BCUT2D eigenvalue weighted by atomic mass is 16.2. The van der Waals surface area contributed by atoms with E-state index in [1.54, 1.807) is 0 Å². The van der Waals surface area contributed by atoms with E-state index in [1.807, 2.05) is 39.5 Å². The minimum atomic E-state index is -0.360. The average Bonchev–Trinajstić information content (AvgIpc) is 2.38. The Balaban J connectivity index is 3.08. The monoisotopic (exact) mass is 268 g/mol. The van der Waals surface area contributed by atoms with Gasteiger partial charge in [0.05, 0.1) is 0 Å². The van der Waals surface area contributed by atoms with Crippen LogP contribution < -0.4 is 5.32 Å². The van der Waals surface area contributed by atoms with Gasteiger partial charge in [0.15, 0.2) is 0 Å². The molecule has 0 bridgehead atoms. The third-order valence-corrected chi connectivity index (χ3v) is 4.30. The molecule has 4 nitrogen and oxygen atoms in total. The van der Waals surface area contributed by atoms with Gasteiger partial charge in [0.2, 0.25) is 11.8 Å². The van der Waals surface area contributed by atoms with Gasteiger partial charge in [-0.05, 0) is 25.2 Å². The first-order valence-electron chi connectivity index (χ1n) is 7.47. The van der Waals surface area contributed by atoms with Crippen LogP contribution in [-0.2, 0) is 9.59 Å². The Labute approximate surface area is 116 Å². The van der Waals surface area contributed by atoms with Crippen molar-refractivity contribution in [2.75, 3.05) is 0 Å². The molecule has 0 aliphatic carbocycles. The summed E-state index contributed by atoms with van der Waals surface area (Å²) in [6.07, 6.45) is 1.76. The van der Waals surface area contributed by atoms with E-state index in [1.165, 1.54) is 0 Å². The molecule has 1 aliphatic rings. The number of piperazine rings is 1. The van der Waals surface area contributed by atoms with Crippen molar-refractivity contribution >= 4 is 11.8 Å². The number of rotatable bonds is 5. The first-order valence-corrected chi connectivity index (χ1v) is 7.47. The van der Waals surface area contributed by atoms with Gasteiger partial charge < -0.3 is 10.2 Å². The van der Waals surface area contributed by atoms with Gasteiger partial charge in [0, 0.05) is 6.04 Å². The predicted molar refractivity (Wildman–Crippen MR) is 76.6 cm³/mol. The Bertz CT molecular complexity index is 341. The lowest BCUT2D eigenvalue weighted by Gasteiger charge is -2.45. The number of carbonyl (C=O) groups excluding carboxylic acids is 2. The van der Waals surface area contributed by atoms with E-state index in [0.29, 0.717) is 0 Å². The van der Waals surface area contributed by atoms with Crippen LogP contribution in [0.5, 0.6) is 0 Å². The molecule has 0 spiro atoms. The second-order valence-electron chi connectivity index (χ2n) is 6.06. The summed E-state index contributed by atoms with van der Waals surface area (Å²) in [6, 6.07) is -0.582. The number of nitrogens with one attached hydrogen (secondary N) is 1. The summed E-state index contributed by atoms with van der Waals surface area (Å²) in [7, 11) is 0. The third-order valence-electron chi connectivity index (χ3n) is 4.30.